The van der Waals surface area contributed by atoms with E-state index in [2.05, 4.69) is 18.1 Å². The predicted molar refractivity (Wildman–Crippen MR) is 99.4 cm³/mol. The third kappa shape index (κ3) is 6.42. The minimum absolute atomic E-state index is 0.168. The van der Waals surface area contributed by atoms with Crippen LogP contribution in [0.15, 0.2) is 58.7 Å². The third-order valence-corrected chi connectivity index (χ3v) is 4.29. The van der Waals surface area contributed by atoms with Gasteiger partial charge >= 0.3 is 0 Å². The average Bonchev–Trinajstić information content (AvgIpc) is 2.45. The van der Waals surface area contributed by atoms with Crippen LogP contribution in [0.4, 0.5) is 8.78 Å². The summed E-state index contributed by atoms with van der Waals surface area (Å²) in [6, 6.07) is 0. The molecule has 0 aliphatic carbocycles. The van der Waals surface area contributed by atoms with E-state index in [1.54, 1.807) is 6.08 Å². The number of carbonyl (C=O) groups excluding carboxylic acids is 1. The first-order chi connectivity index (χ1) is 11.4. The van der Waals surface area contributed by atoms with Crippen molar-refractivity contribution in [3.05, 3.63) is 58.7 Å². The summed E-state index contributed by atoms with van der Waals surface area (Å²) in [5, 5.41) is 0. The number of carbonyl (C=O) groups is 1. The molecule has 0 saturated carbocycles. The fourth-order valence-corrected chi connectivity index (χ4v) is 2.90. The lowest BCUT2D eigenvalue weighted by atomic mass is 9.93. The van der Waals surface area contributed by atoms with Crippen LogP contribution in [-0.2, 0) is 4.79 Å². The molecule has 1 rings (SSSR count). The van der Waals surface area contributed by atoms with E-state index in [1.807, 2.05) is 20.8 Å². The molecule has 1 amide bonds. The van der Waals surface area contributed by atoms with Crippen LogP contribution < -0.4 is 5.73 Å². The molecule has 0 aromatic carbocycles. The predicted octanol–water partition coefficient (Wildman–Crippen LogP) is 4.15. The lowest BCUT2D eigenvalue weighted by molar-refractivity contribution is -0.114. The number of hydrogen-bond acceptors (Lipinski definition) is 2. The van der Waals surface area contributed by atoms with E-state index >= 15 is 0 Å². The fourth-order valence-electron chi connectivity index (χ4n) is 2.90. The fraction of sp³-hybridized carbons (Fsp3) is 0.450. The van der Waals surface area contributed by atoms with Gasteiger partial charge in [0.2, 0.25) is 5.91 Å². The van der Waals surface area contributed by atoms with Crippen LogP contribution >= 0.6 is 0 Å². The Morgan fingerprint density at radius 2 is 1.92 bits per heavy atom. The number of halogens is 2. The summed E-state index contributed by atoms with van der Waals surface area (Å²) < 4.78 is 26.4. The van der Waals surface area contributed by atoms with Crippen molar-refractivity contribution in [1.29, 1.82) is 0 Å². The highest BCUT2D eigenvalue weighted by Crippen LogP contribution is 2.27. The zero-order chi connectivity index (χ0) is 19.4. The largest absolute Gasteiger partial charge is 0.366 e. The van der Waals surface area contributed by atoms with Crippen molar-refractivity contribution in [2.75, 3.05) is 19.6 Å². The smallest absolute Gasteiger partial charge is 0.269 e. The van der Waals surface area contributed by atoms with Crippen LogP contribution in [0.5, 0.6) is 0 Å². The summed E-state index contributed by atoms with van der Waals surface area (Å²) in [6.07, 6.45) is 4.02. The van der Waals surface area contributed by atoms with Crippen molar-refractivity contribution in [2.45, 2.75) is 40.0 Å². The van der Waals surface area contributed by atoms with Crippen LogP contribution in [0.25, 0.3) is 0 Å². The Morgan fingerprint density at radius 3 is 2.40 bits per heavy atom. The highest BCUT2D eigenvalue weighted by molar-refractivity contribution is 5.94. The minimum Gasteiger partial charge on any atom is -0.366 e. The van der Waals surface area contributed by atoms with Gasteiger partial charge in [0.15, 0.2) is 0 Å². The highest BCUT2D eigenvalue weighted by Gasteiger charge is 2.24. The Bertz CT molecular complexity index is 664. The standard InChI is InChI=1S/C20H28F2N2O/c1-13(9-17(5)20(6,21)22)11-24-8-7-18(16(4)12-24)14(2)10-15(3)19(23)25/h9-10H,3,5,7-8,11-12H2,1-2,4,6H3,(H2,23,25)/b13-9+,14-10-. The lowest BCUT2D eigenvalue weighted by Gasteiger charge is -2.30. The van der Waals surface area contributed by atoms with Crippen LogP contribution in [0, 0.1) is 0 Å². The molecule has 0 unspecified atom stereocenters. The molecule has 2 N–H and O–H groups in total. The normalized spacial score (nSPS) is 17.7. The number of nitrogens with two attached hydrogens (primary N) is 1. The molecule has 0 radical (unpaired) electrons. The molecule has 1 heterocycles. The number of primary amides is 1. The summed E-state index contributed by atoms with van der Waals surface area (Å²) in [5.41, 5.74) is 9.59. The summed E-state index contributed by atoms with van der Waals surface area (Å²) >= 11 is 0. The van der Waals surface area contributed by atoms with Crippen LogP contribution in [0.1, 0.15) is 34.1 Å². The topological polar surface area (TPSA) is 46.3 Å². The first kappa shape index (κ1) is 21.0. The van der Waals surface area contributed by atoms with Crippen molar-refractivity contribution in [3.63, 3.8) is 0 Å². The lowest BCUT2D eigenvalue weighted by Crippen LogP contribution is -2.33. The van der Waals surface area contributed by atoms with Gasteiger partial charge in [-0.3, -0.25) is 9.69 Å². The molecular formula is C20H28F2N2O. The van der Waals surface area contributed by atoms with Crippen molar-refractivity contribution in [3.8, 4) is 0 Å². The molecule has 25 heavy (non-hydrogen) atoms. The van der Waals surface area contributed by atoms with Crippen molar-refractivity contribution in [2.24, 2.45) is 5.73 Å². The summed E-state index contributed by atoms with van der Waals surface area (Å²) in [7, 11) is 0. The molecule has 0 saturated heterocycles. The van der Waals surface area contributed by atoms with E-state index in [9.17, 15) is 13.6 Å². The molecule has 0 spiro atoms. The van der Waals surface area contributed by atoms with Gasteiger partial charge in [-0.25, -0.2) is 8.78 Å². The van der Waals surface area contributed by atoms with Gasteiger partial charge in [-0.05, 0) is 44.4 Å². The van der Waals surface area contributed by atoms with Crippen LogP contribution in [0.2, 0.25) is 0 Å². The number of amides is 1. The zero-order valence-corrected chi connectivity index (χ0v) is 15.6. The number of nitrogens with zero attached hydrogens (tertiary/aromatic N) is 1. The summed E-state index contributed by atoms with van der Waals surface area (Å²) in [5.74, 6) is -3.42. The second-order valence-corrected chi connectivity index (χ2v) is 6.84. The van der Waals surface area contributed by atoms with Gasteiger partial charge in [-0.1, -0.05) is 30.4 Å². The Hall–Kier alpha value is -2.01. The molecule has 0 aromatic heterocycles. The molecule has 0 atom stereocenters. The summed E-state index contributed by atoms with van der Waals surface area (Å²) in [4.78, 5) is 13.3. The van der Waals surface area contributed by atoms with Gasteiger partial charge in [-0.2, -0.15) is 0 Å². The van der Waals surface area contributed by atoms with Gasteiger partial charge in [0.05, 0.1) is 0 Å². The molecule has 138 valence electrons. The zero-order valence-electron chi connectivity index (χ0n) is 15.6. The second kappa shape index (κ2) is 8.39. The Balaban J connectivity index is 2.79. The molecule has 0 fully saturated rings. The van der Waals surface area contributed by atoms with E-state index < -0.39 is 11.8 Å². The first-order valence-electron chi connectivity index (χ1n) is 8.24. The number of allylic oxidation sites excluding steroid dienone is 3. The maximum Gasteiger partial charge on any atom is 0.269 e. The Labute approximate surface area is 149 Å². The highest BCUT2D eigenvalue weighted by atomic mass is 19.3. The molecule has 0 bridgehead atoms. The van der Waals surface area contributed by atoms with E-state index in [4.69, 9.17) is 5.73 Å². The number of alkyl halides is 2. The van der Waals surface area contributed by atoms with Gasteiger partial charge in [0.1, 0.15) is 0 Å². The third-order valence-electron chi connectivity index (χ3n) is 4.29. The van der Waals surface area contributed by atoms with E-state index in [0.29, 0.717) is 6.54 Å². The van der Waals surface area contributed by atoms with E-state index in [0.717, 1.165) is 37.6 Å². The molecule has 5 heteroatoms. The average molecular weight is 350 g/mol. The van der Waals surface area contributed by atoms with E-state index in [1.165, 1.54) is 17.2 Å². The van der Waals surface area contributed by atoms with Crippen molar-refractivity contribution < 1.29 is 13.6 Å². The van der Waals surface area contributed by atoms with Gasteiger partial charge in [-0.15, -0.1) is 0 Å². The minimum atomic E-state index is -2.89. The second-order valence-electron chi connectivity index (χ2n) is 6.84. The molecule has 3 nitrogen and oxygen atoms in total. The van der Waals surface area contributed by atoms with Crippen molar-refractivity contribution in [1.82, 2.24) is 4.90 Å². The monoisotopic (exact) mass is 350 g/mol. The van der Waals surface area contributed by atoms with Crippen LogP contribution in [0.3, 0.4) is 0 Å². The van der Waals surface area contributed by atoms with Gasteiger partial charge < -0.3 is 5.73 Å². The SMILES string of the molecule is C=C(/C=C(/C)C1=C(C)CN(C/C(C)=C/C(=C)C(C)(F)F)CC1)C(N)=O. The number of hydrogen-bond donors (Lipinski definition) is 1. The van der Waals surface area contributed by atoms with E-state index in [-0.39, 0.29) is 11.1 Å². The maximum atomic E-state index is 13.2. The molecule has 0 aromatic rings. The quantitative estimate of drug-likeness (QED) is 0.554. The van der Waals surface area contributed by atoms with Crippen molar-refractivity contribution >= 4 is 5.91 Å². The maximum absolute atomic E-state index is 13.2. The Morgan fingerprint density at radius 1 is 1.32 bits per heavy atom. The summed E-state index contributed by atoms with van der Waals surface area (Å²) in [6.45, 7) is 16.0. The molecule has 1 aliphatic rings. The van der Waals surface area contributed by atoms with Gasteiger partial charge in [0.25, 0.3) is 5.92 Å². The molecular weight excluding hydrogens is 322 g/mol. The van der Waals surface area contributed by atoms with Crippen LogP contribution in [-0.4, -0.2) is 36.4 Å². The Kier molecular flexibility index (Phi) is 7.06. The van der Waals surface area contributed by atoms with Gasteiger partial charge in [0, 0.05) is 37.7 Å². The number of rotatable bonds is 7. The molecule has 1 aliphatic heterocycles. The first-order valence-corrected chi connectivity index (χ1v) is 8.24.